The van der Waals surface area contributed by atoms with Gasteiger partial charge in [0.2, 0.25) is 5.91 Å². The summed E-state index contributed by atoms with van der Waals surface area (Å²) >= 11 is 0. The molecule has 0 aromatic heterocycles. The van der Waals surface area contributed by atoms with Crippen LogP contribution < -0.4 is 11.1 Å². The van der Waals surface area contributed by atoms with E-state index >= 15 is 0 Å². The molecule has 0 spiro atoms. The molecule has 62 heavy (non-hydrogen) atoms. The van der Waals surface area contributed by atoms with Crippen molar-refractivity contribution in [1.82, 2.24) is 5.32 Å². The van der Waals surface area contributed by atoms with E-state index in [0.29, 0.717) is 12.8 Å². The summed E-state index contributed by atoms with van der Waals surface area (Å²) in [6.07, 6.45) is 57.5. The third-order valence-electron chi connectivity index (χ3n) is 11.1. The number of allylic oxidation sites excluding steroid dienone is 9. The Labute approximate surface area is 381 Å². The Kier molecular flexibility index (Phi) is 45.7. The molecule has 0 saturated carbocycles. The molecule has 362 valence electrons. The number of rotatable bonds is 47. The molecular weight excluding hydrogens is 796 g/mol. The SMILES string of the molecule is CC/C=C\C/C=C\CCCCCCCCCCCCCCC(O)CC(=O)NC(COP(=O)(O)OCCN)C(O)/C=C/CC/C=C/CC/C=C/CCCCCCCCCCCCC. The minimum absolute atomic E-state index is 0.0405. The van der Waals surface area contributed by atoms with Crippen molar-refractivity contribution in [1.29, 1.82) is 0 Å². The standard InChI is InChI=1S/C52H97N2O7P/c1-3-5-7-9-11-13-15-17-19-21-23-24-26-28-30-32-34-36-38-40-42-44-51(56)50(48-61-62(58,59)60-46-45-53)54-52(57)47-49(55)43-41-39-37-35-33-31-29-27-25-22-20-18-16-14-12-10-8-6-4-2/h6,8,12,14,26,28,34,36,42,44,49-51,55-56H,3-5,7,9-11,13,15-25,27,29-33,35,37-41,43,45-48,53H2,1-2H3,(H,54,57)(H,58,59)/b8-6-,14-12-,28-26+,36-34+,44-42+. The number of carbonyl (C=O) groups excluding carboxylic acids is 1. The smallest absolute Gasteiger partial charge is 0.393 e. The number of carbonyl (C=O) groups is 1. The van der Waals surface area contributed by atoms with Crippen molar-refractivity contribution in [3.8, 4) is 0 Å². The van der Waals surface area contributed by atoms with Gasteiger partial charge < -0.3 is 26.2 Å². The zero-order valence-electron chi connectivity index (χ0n) is 40.0. The normalized spacial score (nSPS) is 14.9. The van der Waals surface area contributed by atoms with E-state index in [1.54, 1.807) is 6.08 Å². The van der Waals surface area contributed by atoms with Gasteiger partial charge in [-0.2, -0.15) is 0 Å². The van der Waals surface area contributed by atoms with E-state index in [4.69, 9.17) is 14.8 Å². The fourth-order valence-corrected chi connectivity index (χ4v) is 8.06. The molecule has 0 radical (unpaired) electrons. The van der Waals surface area contributed by atoms with Crippen molar-refractivity contribution >= 4 is 13.7 Å². The predicted molar refractivity (Wildman–Crippen MR) is 264 cm³/mol. The summed E-state index contributed by atoms with van der Waals surface area (Å²) in [6, 6.07) is -1.01. The van der Waals surface area contributed by atoms with Crippen molar-refractivity contribution < 1.29 is 33.5 Å². The number of nitrogens with two attached hydrogens (primary N) is 1. The Morgan fingerprint density at radius 2 is 1.02 bits per heavy atom. The largest absolute Gasteiger partial charge is 0.472 e. The summed E-state index contributed by atoms with van der Waals surface area (Å²) in [6.45, 7) is 3.86. The average molecular weight is 893 g/mol. The Morgan fingerprint density at radius 1 is 0.581 bits per heavy atom. The topological polar surface area (TPSA) is 151 Å². The van der Waals surface area contributed by atoms with Crippen LogP contribution in [0.25, 0.3) is 0 Å². The van der Waals surface area contributed by atoms with Gasteiger partial charge in [-0.15, -0.1) is 0 Å². The van der Waals surface area contributed by atoms with Crippen LogP contribution in [0.5, 0.6) is 0 Å². The Morgan fingerprint density at radius 3 is 1.52 bits per heavy atom. The van der Waals surface area contributed by atoms with Gasteiger partial charge in [0, 0.05) is 6.54 Å². The van der Waals surface area contributed by atoms with E-state index in [1.807, 2.05) is 6.08 Å². The molecule has 4 unspecified atom stereocenters. The third kappa shape index (κ3) is 44.8. The monoisotopic (exact) mass is 893 g/mol. The van der Waals surface area contributed by atoms with E-state index in [-0.39, 0.29) is 19.6 Å². The molecule has 10 heteroatoms. The number of aliphatic hydroxyl groups excluding tert-OH is 2. The van der Waals surface area contributed by atoms with Crippen molar-refractivity contribution in [3.05, 3.63) is 60.8 Å². The maximum atomic E-state index is 12.9. The lowest BCUT2D eigenvalue weighted by Crippen LogP contribution is -2.46. The van der Waals surface area contributed by atoms with Crippen molar-refractivity contribution in [3.63, 3.8) is 0 Å². The Hall–Kier alpha value is -1.84. The van der Waals surface area contributed by atoms with E-state index in [9.17, 15) is 24.5 Å². The molecule has 4 atom stereocenters. The first kappa shape index (κ1) is 60.2. The second-order valence-electron chi connectivity index (χ2n) is 17.2. The van der Waals surface area contributed by atoms with Crippen LogP contribution in [0.15, 0.2) is 60.8 Å². The molecule has 0 aliphatic heterocycles. The number of phosphoric ester groups is 1. The van der Waals surface area contributed by atoms with Gasteiger partial charge in [0.1, 0.15) is 0 Å². The third-order valence-corrected chi connectivity index (χ3v) is 12.1. The zero-order valence-corrected chi connectivity index (χ0v) is 40.9. The van der Waals surface area contributed by atoms with Crippen LogP contribution in [0, 0.1) is 0 Å². The second-order valence-corrected chi connectivity index (χ2v) is 18.6. The van der Waals surface area contributed by atoms with E-state index < -0.39 is 38.6 Å². The molecule has 9 nitrogen and oxygen atoms in total. The highest BCUT2D eigenvalue weighted by Crippen LogP contribution is 2.43. The van der Waals surface area contributed by atoms with E-state index in [1.165, 1.54) is 135 Å². The van der Waals surface area contributed by atoms with Gasteiger partial charge in [-0.3, -0.25) is 13.8 Å². The molecule has 0 heterocycles. The highest BCUT2D eigenvalue weighted by atomic mass is 31.2. The highest BCUT2D eigenvalue weighted by molar-refractivity contribution is 7.47. The summed E-state index contributed by atoms with van der Waals surface area (Å²) < 4.78 is 22.2. The quantitative estimate of drug-likeness (QED) is 0.0230. The molecule has 6 N–H and O–H groups in total. The number of hydrogen-bond acceptors (Lipinski definition) is 7. The lowest BCUT2D eigenvalue weighted by molar-refractivity contribution is -0.124. The van der Waals surface area contributed by atoms with Crippen molar-refractivity contribution in [2.75, 3.05) is 19.8 Å². The summed E-state index contributed by atoms with van der Waals surface area (Å²) in [5, 5.41) is 24.1. The number of hydrogen-bond donors (Lipinski definition) is 5. The van der Waals surface area contributed by atoms with Crippen molar-refractivity contribution in [2.45, 2.75) is 244 Å². The zero-order chi connectivity index (χ0) is 45.5. The van der Waals surface area contributed by atoms with E-state index in [2.05, 4.69) is 67.8 Å². The van der Waals surface area contributed by atoms with Gasteiger partial charge in [-0.1, -0.05) is 209 Å². The summed E-state index contributed by atoms with van der Waals surface area (Å²) in [7, 11) is -4.42. The number of amides is 1. The lowest BCUT2D eigenvalue weighted by atomic mass is 10.0. The minimum Gasteiger partial charge on any atom is -0.393 e. The number of phosphoric acid groups is 1. The summed E-state index contributed by atoms with van der Waals surface area (Å²) in [5.74, 6) is -0.461. The minimum atomic E-state index is -4.42. The fraction of sp³-hybridized carbons (Fsp3) is 0.788. The van der Waals surface area contributed by atoms with Crippen molar-refractivity contribution in [2.24, 2.45) is 5.73 Å². The number of nitrogens with one attached hydrogen (secondary N) is 1. The molecule has 0 rings (SSSR count). The van der Waals surface area contributed by atoms with Crippen LogP contribution in [-0.2, 0) is 18.4 Å². The molecule has 1 amide bonds. The van der Waals surface area contributed by atoms with Gasteiger partial charge in [-0.25, -0.2) is 4.57 Å². The molecule has 0 aromatic rings. The van der Waals surface area contributed by atoms with Crippen LogP contribution in [0.2, 0.25) is 0 Å². The fourth-order valence-electron chi connectivity index (χ4n) is 7.31. The Bertz CT molecular complexity index is 1170. The second kappa shape index (κ2) is 47.1. The number of unbranched alkanes of at least 4 members (excludes halogenated alkanes) is 25. The molecule has 0 aliphatic rings. The maximum absolute atomic E-state index is 12.9. The first-order valence-corrected chi connectivity index (χ1v) is 27.0. The maximum Gasteiger partial charge on any atom is 0.472 e. The molecule has 0 bridgehead atoms. The van der Waals surface area contributed by atoms with Gasteiger partial charge in [-0.05, 0) is 70.6 Å². The van der Waals surface area contributed by atoms with Crippen LogP contribution in [-0.4, -0.2) is 59.0 Å². The first-order valence-electron chi connectivity index (χ1n) is 25.5. The lowest BCUT2D eigenvalue weighted by Gasteiger charge is -2.24. The molecule has 0 fully saturated rings. The highest BCUT2D eigenvalue weighted by Gasteiger charge is 2.27. The molecule has 0 aliphatic carbocycles. The number of aliphatic hydroxyl groups is 2. The molecular formula is C52H97N2O7P. The first-order chi connectivity index (χ1) is 30.3. The summed E-state index contributed by atoms with van der Waals surface area (Å²) in [4.78, 5) is 22.9. The van der Waals surface area contributed by atoms with Crippen LogP contribution in [0.3, 0.4) is 0 Å². The average Bonchev–Trinajstić information content (AvgIpc) is 3.25. The molecule has 0 aromatic carbocycles. The van der Waals surface area contributed by atoms with Crippen LogP contribution in [0.1, 0.15) is 226 Å². The van der Waals surface area contributed by atoms with Gasteiger partial charge in [0.25, 0.3) is 0 Å². The molecule has 0 saturated heterocycles. The van der Waals surface area contributed by atoms with Gasteiger partial charge in [0.05, 0.1) is 37.9 Å². The van der Waals surface area contributed by atoms with E-state index in [0.717, 1.165) is 57.8 Å². The van der Waals surface area contributed by atoms with Gasteiger partial charge >= 0.3 is 7.82 Å². The van der Waals surface area contributed by atoms with Gasteiger partial charge in [0.15, 0.2) is 0 Å². The Balaban J connectivity index is 4.27. The van der Waals surface area contributed by atoms with Crippen LogP contribution >= 0.6 is 7.82 Å². The predicted octanol–water partition coefficient (Wildman–Crippen LogP) is 14.0. The summed E-state index contributed by atoms with van der Waals surface area (Å²) in [5.41, 5.74) is 5.38. The van der Waals surface area contributed by atoms with Crippen LogP contribution in [0.4, 0.5) is 0 Å².